The highest BCUT2D eigenvalue weighted by atomic mass is 79.9. The van der Waals surface area contributed by atoms with Gasteiger partial charge in [-0.2, -0.15) is 5.10 Å². The minimum absolute atomic E-state index is 0.400. The second-order valence-corrected chi connectivity index (χ2v) is 7.39. The minimum Gasteiger partial charge on any atom is -0.308 e. The SMILES string of the molecule is CCCNC(c1c(Br)cnn1CCN(C)C)C(C)C1CC1. The number of rotatable bonds is 9. The maximum atomic E-state index is 4.58. The van der Waals surface area contributed by atoms with Crippen LogP contribution in [0, 0.1) is 11.8 Å². The third-order valence-electron chi connectivity index (χ3n) is 4.39. The Bertz CT molecular complexity index is 439. The van der Waals surface area contributed by atoms with Crippen molar-refractivity contribution >= 4 is 15.9 Å². The Morgan fingerprint density at radius 3 is 2.76 bits per heavy atom. The van der Waals surface area contributed by atoms with Crippen molar-refractivity contribution in [3.8, 4) is 0 Å². The molecule has 0 saturated heterocycles. The summed E-state index contributed by atoms with van der Waals surface area (Å²) in [5.41, 5.74) is 1.32. The van der Waals surface area contributed by atoms with Crippen molar-refractivity contribution in [1.29, 1.82) is 0 Å². The van der Waals surface area contributed by atoms with Gasteiger partial charge in [0.1, 0.15) is 0 Å². The molecule has 5 heteroatoms. The van der Waals surface area contributed by atoms with Gasteiger partial charge in [0.25, 0.3) is 0 Å². The Morgan fingerprint density at radius 1 is 1.48 bits per heavy atom. The predicted molar refractivity (Wildman–Crippen MR) is 91.4 cm³/mol. The lowest BCUT2D eigenvalue weighted by molar-refractivity contribution is 0.315. The molecule has 1 heterocycles. The molecule has 4 nitrogen and oxygen atoms in total. The van der Waals surface area contributed by atoms with E-state index in [0.717, 1.165) is 36.4 Å². The Hall–Kier alpha value is -0.390. The summed E-state index contributed by atoms with van der Waals surface area (Å²) in [4.78, 5) is 2.21. The number of nitrogens with zero attached hydrogens (tertiary/aromatic N) is 3. The molecule has 1 aliphatic carbocycles. The van der Waals surface area contributed by atoms with Crippen LogP contribution in [0.4, 0.5) is 0 Å². The van der Waals surface area contributed by atoms with Crippen LogP contribution in [-0.2, 0) is 6.54 Å². The highest BCUT2D eigenvalue weighted by Gasteiger charge is 2.36. The van der Waals surface area contributed by atoms with Crippen LogP contribution in [0.15, 0.2) is 10.7 Å². The number of hydrogen-bond acceptors (Lipinski definition) is 3. The zero-order chi connectivity index (χ0) is 15.4. The van der Waals surface area contributed by atoms with E-state index in [1.807, 2.05) is 6.20 Å². The maximum Gasteiger partial charge on any atom is 0.0699 e. The van der Waals surface area contributed by atoms with Crippen LogP contribution in [0.1, 0.15) is 44.8 Å². The standard InChI is InChI=1S/C16H29BrN4/c1-5-8-18-15(12(2)13-6-7-13)16-14(17)11-19-21(16)10-9-20(3)4/h11-13,15,18H,5-10H2,1-4H3. The van der Waals surface area contributed by atoms with Crippen molar-refractivity contribution in [3.63, 3.8) is 0 Å². The van der Waals surface area contributed by atoms with Gasteiger partial charge in [-0.15, -0.1) is 0 Å². The van der Waals surface area contributed by atoms with Gasteiger partial charge in [-0.25, -0.2) is 0 Å². The van der Waals surface area contributed by atoms with Crippen molar-refractivity contribution in [2.45, 2.75) is 45.7 Å². The largest absolute Gasteiger partial charge is 0.308 e. The molecule has 1 fully saturated rings. The van der Waals surface area contributed by atoms with E-state index in [1.165, 1.54) is 18.5 Å². The minimum atomic E-state index is 0.400. The molecule has 0 aliphatic heterocycles. The van der Waals surface area contributed by atoms with E-state index in [1.54, 1.807) is 0 Å². The topological polar surface area (TPSA) is 33.1 Å². The van der Waals surface area contributed by atoms with Gasteiger partial charge in [-0.1, -0.05) is 13.8 Å². The first-order chi connectivity index (χ1) is 10.0. The molecule has 1 aromatic heterocycles. The summed E-state index contributed by atoms with van der Waals surface area (Å²) in [5.74, 6) is 1.55. The normalized spacial score (nSPS) is 18.2. The lowest BCUT2D eigenvalue weighted by atomic mass is 9.93. The van der Waals surface area contributed by atoms with Crippen LogP contribution in [0.2, 0.25) is 0 Å². The first-order valence-electron chi connectivity index (χ1n) is 8.13. The molecular formula is C16H29BrN4. The Balaban J connectivity index is 2.18. The van der Waals surface area contributed by atoms with Gasteiger partial charge in [0.05, 0.1) is 29.0 Å². The molecule has 0 spiro atoms. The fourth-order valence-corrected chi connectivity index (χ4v) is 3.42. The van der Waals surface area contributed by atoms with Crippen LogP contribution >= 0.6 is 15.9 Å². The van der Waals surface area contributed by atoms with Gasteiger partial charge < -0.3 is 10.2 Å². The fraction of sp³-hybridized carbons (Fsp3) is 0.812. The van der Waals surface area contributed by atoms with Gasteiger partial charge in [0, 0.05) is 6.54 Å². The van der Waals surface area contributed by atoms with E-state index >= 15 is 0 Å². The van der Waals surface area contributed by atoms with Gasteiger partial charge in [0.2, 0.25) is 0 Å². The lowest BCUT2D eigenvalue weighted by Gasteiger charge is -2.27. The van der Waals surface area contributed by atoms with Gasteiger partial charge in [-0.3, -0.25) is 4.68 Å². The van der Waals surface area contributed by atoms with E-state index in [0.29, 0.717) is 12.0 Å². The number of halogens is 1. The molecule has 1 saturated carbocycles. The molecule has 0 radical (unpaired) electrons. The van der Waals surface area contributed by atoms with Gasteiger partial charge in [0.15, 0.2) is 0 Å². The second kappa shape index (κ2) is 7.75. The van der Waals surface area contributed by atoms with Crippen LogP contribution in [0.3, 0.4) is 0 Å². The smallest absolute Gasteiger partial charge is 0.0699 e. The van der Waals surface area contributed by atoms with Crippen molar-refractivity contribution in [2.75, 3.05) is 27.2 Å². The van der Waals surface area contributed by atoms with Crippen molar-refractivity contribution < 1.29 is 0 Å². The lowest BCUT2D eigenvalue weighted by Crippen LogP contribution is -2.32. The average molecular weight is 357 g/mol. The maximum absolute atomic E-state index is 4.58. The summed E-state index contributed by atoms with van der Waals surface area (Å²) in [7, 11) is 4.22. The second-order valence-electron chi connectivity index (χ2n) is 6.53. The number of hydrogen-bond donors (Lipinski definition) is 1. The first-order valence-corrected chi connectivity index (χ1v) is 8.93. The third kappa shape index (κ3) is 4.54. The van der Waals surface area contributed by atoms with Crippen molar-refractivity contribution in [3.05, 3.63) is 16.4 Å². The highest BCUT2D eigenvalue weighted by Crippen LogP contribution is 2.43. The molecule has 21 heavy (non-hydrogen) atoms. The van der Waals surface area contributed by atoms with E-state index in [-0.39, 0.29) is 0 Å². The summed E-state index contributed by atoms with van der Waals surface area (Å²) < 4.78 is 3.32. The first kappa shape index (κ1) is 17.0. The molecule has 0 amide bonds. The molecule has 1 aromatic rings. The molecule has 2 atom stereocenters. The van der Waals surface area contributed by atoms with Crippen LogP contribution < -0.4 is 5.32 Å². The molecule has 120 valence electrons. The zero-order valence-electron chi connectivity index (χ0n) is 13.8. The highest BCUT2D eigenvalue weighted by molar-refractivity contribution is 9.10. The molecule has 0 bridgehead atoms. The monoisotopic (exact) mass is 356 g/mol. The van der Waals surface area contributed by atoms with E-state index in [2.05, 4.69) is 63.9 Å². The van der Waals surface area contributed by atoms with Gasteiger partial charge >= 0.3 is 0 Å². The molecule has 1 N–H and O–H groups in total. The summed E-state index contributed by atoms with van der Waals surface area (Å²) >= 11 is 3.72. The third-order valence-corrected chi connectivity index (χ3v) is 5.00. The molecular weight excluding hydrogens is 328 g/mol. The summed E-state index contributed by atoms with van der Waals surface area (Å²) in [6, 6.07) is 0.400. The van der Waals surface area contributed by atoms with Crippen molar-refractivity contribution in [2.24, 2.45) is 11.8 Å². The fourth-order valence-electron chi connectivity index (χ4n) is 2.88. The predicted octanol–water partition coefficient (Wildman–Crippen LogP) is 3.29. The quantitative estimate of drug-likeness (QED) is 0.736. The summed E-state index contributed by atoms with van der Waals surface area (Å²) in [6.45, 7) is 7.63. The number of aromatic nitrogens is 2. The van der Waals surface area contributed by atoms with Crippen LogP contribution in [0.25, 0.3) is 0 Å². The zero-order valence-corrected chi connectivity index (χ0v) is 15.4. The van der Waals surface area contributed by atoms with Gasteiger partial charge in [-0.05, 0) is 67.7 Å². The molecule has 2 rings (SSSR count). The van der Waals surface area contributed by atoms with Crippen molar-refractivity contribution in [1.82, 2.24) is 20.0 Å². The summed E-state index contributed by atoms with van der Waals surface area (Å²) in [6.07, 6.45) is 5.88. The molecule has 0 aromatic carbocycles. The molecule has 2 unspecified atom stereocenters. The molecule has 1 aliphatic rings. The Kier molecular flexibility index (Phi) is 6.26. The Labute approximate surface area is 137 Å². The van der Waals surface area contributed by atoms with E-state index in [4.69, 9.17) is 0 Å². The van der Waals surface area contributed by atoms with E-state index < -0.39 is 0 Å². The van der Waals surface area contributed by atoms with Crippen LogP contribution in [-0.4, -0.2) is 41.9 Å². The Morgan fingerprint density at radius 2 is 2.19 bits per heavy atom. The number of likely N-dealkylation sites (N-methyl/N-ethyl adjacent to an activating group) is 1. The summed E-state index contributed by atoms with van der Waals surface area (Å²) in [5, 5.41) is 8.34. The van der Waals surface area contributed by atoms with E-state index in [9.17, 15) is 0 Å². The number of nitrogens with one attached hydrogen (secondary N) is 1. The average Bonchev–Trinajstić information content (AvgIpc) is 3.23. The van der Waals surface area contributed by atoms with Crippen LogP contribution in [0.5, 0.6) is 0 Å².